The van der Waals surface area contributed by atoms with E-state index < -0.39 is 10.0 Å². The molecule has 8 heteroatoms. The van der Waals surface area contributed by atoms with Crippen LogP contribution in [0.4, 0.5) is 11.4 Å². The van der Waals surface area contributed by atoms with Crippen LogP contribution in [0.15, 0.2) is 32.5 Å². The summed E-state index contributed by atoms with van der Waals surface area (Å²) in [7, 11) is -2.13. The summed E-state index contributed by atoms with van der Waals surface area (Å²) < 4.78 is 27.2. The van der Waals surface area contributed by atoms with Gasteiger partial charge in [0.15, 0.2) is 0 Å². The average molecular weight is 362 g/mol. The number of rotatable bonds is 3. The number of halogens is 1. The summed E-state index contributed by atoms with van der Waals surface area (Å²) in [6.45, 7) is 1.85. The zero-order chi connectivity index (χ0) is 14.2. The second-order valence-corrected chi connectivity index (χ2v) is 8.50. The second-order valence-electron chi connectivity index (χ2n) is 3.93. The van der Waals surface area contributed by atoms with Crippen molar-refractivity contribution in [3.8, 4) is 0 Å². The third-order valence-electron chi connectivity index (χ3n) is 2.62. The van der Waals surface area contributed by atoms with E-state index in [4.69, 9.17) is 5.73 Å². The number of aromatic nitrogens is 1. The van der Waals surface area contributed by atoms with Crippen LogP contribution in [-0.2, 0) is 10.0 Å². The Balaban J connectivity index is 2.48. The number of aryl methyl sites for hydroxylation is 1. The first-order valence-electron chi connectivity index (χ1n) is 5.28. The molecular formula is C11H12BrN3O2S2. The van der Waals surface area contributed by atoms with Gasteiger partial charge in [0, 0.05) is 13.2 Å². The Kier molecular flexibility index (Phi) is 3.84. The Morgan fingerprint density at radius 1 is 1.47 bits per heavy atom. The Hall–Kier alpha value is -1.12. The van der Waals surface area contributed by atoms with Gasteiger partial charge in [0.25, 0.3) is 10.0 Å². The third-order valence-corrected chi connectivity index (χ3v) is 6.97. The highest BCUT2D eigenvalue weighted by Gasteiger charge is 2.25. The maximum atomic E-state index is 12.5. The molecule has 0 atom stereocenters. The zero-order valence-electron chi connectivity index (χ0n) is 10.3. The monoisotopic (exact) mass is 361 g/mol. The van der Waals surface area contributed by atoms with Crippen LogP contribution < -0.4 is 10.0 Å². The van der Waals surface area contributed by atoms with Gasteiger partial charge >= 0.3 is 0 Å². The van der Waals surface area contributed by atoms with Gasteiger partial charge in [-0.1, -0.05) is 0 Å². The predicted molar refractivity (Wildman–Crippen MR) is 81.0 cm³/mol. The molecule has 2 rings (SSSR count). The molecule has 0 unspecified atom stereocenters. The molecule has 0 spiro atoms. The minimum Gasteiger partial charge on any atom is -0.396 e. The highest BCUT2D eigenvalue weighted by Crippen LogP contribution is 2.34. The quantitative estimate of drug-likeness (QED) is 0.911. The molecule has 0 saturated heterocycles. The molecule has 2 aromatic rings. The van der Waals surface area contributed by atoms with Crippen molar-refractivity contribution in [1.82, 2.24) is 4.98 Å². The van der Waals surface area contributed by atoms with Crippen LogP contribution in [-0.4, -0.2) is 20.4 Å². The standard InChI is InChI=1S/C11H12BrN3O2S2/c1-7-5-10(18-11(7)12)19(16,17)15(2)9-3-4-14-6-8(9)13/h3-6H,13H2,1-2H3. The lowest BCUT2D eigenvalue weighted by molar-refractivity contribution is 0.596. The SMILES string of the molecule is Cc1cc(S(=O)(=O)N(C)c2ccncc2N)sc1Br. The van der Waals surface area contributed by atoms with E-state index in [2.05, 4.69) is 20.9 Å². The average Bonchev–Trinajstić information content (AvgIpc) is 2.70. The van der Waals surface area contributed by atoms with Crippen molar-refractivity contribution in [1.29, 1.82) is 0 Å². The molecule has 2 heterocycles. The molecule has 2 aromatic heterocycles. The summed E-state index contributed by atoms with van der Waals surface area (Å²) in [6.07, 6.45) is 2.93. The molecule has 0 aliphatic carbocycles. The van der Waals surface area contributed by atoms with E-state index in [1.807, 2.05) is 6.92 Å². The molecule has 0 bridgehead atoms. The number of sulfonamides is 1. The molecule has 0 aromatic carbocycles. The highest BCUT2D eigenvalue weighted by atomic mass is 79.9. The van der Waals surface area contributed by atoms with Crippen LogP contribution in [0.1, 0.15) is 5.56 Å². The van der Waals surface area contributed by atoms with E-state index in [9.17, 15) is 8.42 Å². The molecule has 19 heavy (non-hydrogen) atoms. The van der Waals surface area contributed by atoms with Gasteiger partial charge in [-0.2, -0.15) is 0 Å². The Labute approximate surface area is 124 Å². The molecule has 5 nitrogen and oxygen atoms in total. The second kappa shape index (κ2) is 5.10. The van der Waals surface area contributed by atoms with Crippen molar-refractivity contribution in [2.24, 2.45) is 0 Å². The number of hydrogen-bond donors (Lipinski definition) is 1. The fourth-order valence-electron chi connectivity index (χ4n) is 1.51. The minimum atomic E-state index is -3.60. The van der Waals surface area contributed by atoms with Gasteiger partial charge in [-0.05, 0) is 40.5 Å². The van der Waals surface area contributed by atoms with Gasteiger partial charge < -0.3 is 5.73 Å². The first kappa shape index (κ1) is 14.3. The van der Waals surface area contributed by atoms with Gasteiger partial charge in [0.1, 0.15) is 4.21 Å². The summed E-state index contributed by atoms with van der Waals surface area (Å²) in [6, 6.07) is 3.21. The molecule has 0 saturated carbocycles. The Morgan fingerprint density at radius 3 is 2.68 bits per heavy atom. The summed E-state index contributed by atoms with van der Waals surface area (Å²) in [5.74, 6) is 0. The maximum Gasteiger partial charge on any atom is 0.273 e. The molecular weight excluding hydrogens is 350 g/mol. The molecule has 0 radical (unpaired) electrons. The van der Waals surface area contributed by atoms with Gasteiger partial charge in [-0.3, -0.25) is 9.29 Å². The van der Waals surface area contributed by atoms with Crippen LogP contribution in [0.2, 0.25) is 0 Å². The van der Waals surface area contributed by atoms with Gasteiger partial charge in [-0.25, -0.2) is 8.42 Å². The lowest BCUT2D eigenvalue weighted by Crippen LogP contribution is -2.26. The molecule has 0 amide bonds. The van der Waals surface area contributed by atoms with Crippen molar-refractivity contribution >= 4 is 48.7 Å². The molecule has 0 fully saturated rings. The molecule has 0 aliphatic rings. The first-order chi connectivity index (χ1) is 8.84. The van der Waals surface area contributed by atoms with E-state index in [-0.39, 0.29) is 4.21 Å². The van der Waals surface area contributed by atoms with Crippen molar-refractivity contribution < 1.29 is 8.42 Å². The number of pyridine rings is 1. The van der Waals surface area contributed by atoms with E-state index >= 15 is 0 Å². The summed E-state index contributed by atoms with van der Waals surface area (Å²) in [4.78, 5) is 3.85. The van der Waals surface area contributed by atoms with Gasteiger partial charge in [-0.15, -0.1) is 11.3 Å². The van der Waals surface area contributed by atoms with Crippen LogP contribution in [0.25, 0.3) is 0 Å². The summed E-state index contributed by atoms with van der Waals surface area (Å²) in [5.41, 5.74) is 7.38. The lowest BCUT2D eigenvalue weighted by atomic mass is 10.3. The van der Waals surface area contributed by atoms with Crippen LogP contribution in [0, 0.1) is 6.92 Å². The van der Waals surface area contributed by atoms with E-state index in [1.54, 1.807) is 12.1 Å². The fraction of sp³-hybridized carbons (Fsp3) is 0.182. The van der Waals surface area contributed by atoms with Gasteiger partial charge in [0.2, 0.25) is 0 Å². The summed E-state index contributed by atoms with van der Waals surface area (Å²) in [5, 5.41) is 0. The van der Waals surface area contributed by atoms with E-state index in [0.29, 0.717) is 11.4 Å². The minimum absolute atomic E-state index is 0.274. The van der Waals surface area contributed by atoms with Gasteiger partial charge in [0.05, 0.1) is 21.4 Å². The normalized spacial score (nSPS) is 11.5. The fourth-order valence-corrected chi connectivity index (χ4v) is 5.13. The Morgan fingerprint density at radius 2 is 2.16 bits per heavy atom. The van der Waals surface area contributed by atoms with Crippen molar-refractivity contribution in [2.75, 3.05) is 17.1 Å². The third kappa shape index (κ3) is 2.60. The number of nitrogens with zero attached hydrogens (tertiary/aromatic N) is 2. The number of thiophene rings is 1. The topological polar surface area (TPSA) is 76.3 Å². The van der Waals surface area contributed by atoms with Crippen LogP contribution in [0.5, 0.6) is 0 Å². The number of nitrogen functional groups attached to an aromatic ring is 1. The maximum absolute atomic E-state index is 12.5. The molecule has 0 aliphatic heterocycles. The summed E-state index contributed by atoms with van der Waals surface area (Å²) >= 11 is 4.51. The van der Waals surface area contributed by atoms with Crippen molar-refractivity contribution in [2.45, 2.75) is 11.1 Å². The highest BCUT2D eigenvalue weighted by molar-refractivity contribution is 9.11. The van der Waals surface area contributed by atoms with Crippen LogP contribution in [0.3, 0.4) is 0 Å². The molecule has 102 valence electrons. The first-order valence-corrected chi connectivity index (χ1v) is 8.33. The van der Waals surface area contributed by atoms with Crippen LogP contribution >= 0.6 is 27.3 Å². The number of nitrogens with two attached hydrogens (primary N) is 1. The Bertz CT molecular complexity index is 693. The van der Waals surface area contributed by atoms with Crippen molar-refractivity contribution in [3.63, 3.8) is 0 Å². The number of anilines is 2. The largest absolute Gasteiger partial charge is 0.396 e. The van der Waals surface area contributed by atoms with Crippen molar-refractivity contribution in [3.05, 3.63) is 33.9 Å². The van der Waals surface area contributed by atoms with E-state index in [1.165, 1.54) is 35.1 Å². The zero-order valence-corrected chi connectivity index (χ0v) is 13.5. The van der Waals surface area contributed by atoms with E-state index in [0.717, 1.165) is 9.35 Å². The lowest BCUT2D eigenvalue weighted by Gasteiger charge is -2.19. The predicted octanol–water partition coefficient (Wildman–Crippen LogP) is 2.62. The molecule has 2 N–H and O–H groups in total. The smallest absolute Gasteiger partial charge is 0.273 e. The number of hydrogen-bond acceptors (Lipinski definition) is 5.